The van der Waals surface area contributed by atoms with Crippen LogP contribution in [0.1, 0.15) is 28.8 Å². The van der Waals surface area contributed by atoms with Crippen molar-refractivity contribution < 1.29 is 31.9 Å². The summed E-state index contributed by atoms with van der Waals surface area (Å²) >= 11 is 0. The van der Waals surface area contributed by atoms with Crippen LogP contribution in [-0.4, -0.2) is 82.7 Å². The molecule has 2 heterocycles. The Morgan fingerprint density at radius 2 is 1.77 bits per heavy atom. The van der Waals surface area contributed by atoms with Crippen molar-refractivity contribution in [2.75, 3.05) is 55.3 Å². The smallest absolute Gasteiger partial charge is 0.414 e. The summed E-state index contributed by atoms with van der Waals surface area (Å²) in [5.41, 5.74) is 7.52. The maximum absolute atomic E-state index is 14.9. The summed E-state index contributed by atoms with van der Waals surface area (Å²) in [6.07, 6.45) is 0.222. The molecule has 2 fully saturated rings. The summed E-state index contributed by atoms with van der Waals surface area (Å²) in [5.74, 6) is -0.791. The molecule has 0 aromatic heterocycles. The lowest BCUT2D eigenvalue weighted by atomic mass is 10.0. The Kier molecular flexibility index (Phi) is 8.83. The van der Waals surface area contributed by atoms with E-state index in [1.165, 1.54) is 11.0 Å². The number of sulfonamides is 1. The SMILES string of the molecule is CS(=O)(=O)NCc1ccc(C(=O)CCC(=O)N2CCN(c3ccc(N4C[C@H](CN)OC4=O)cc3F)CC2)cc1. The van der Waals surface area contributed by atoms with Crippen molar-refractivity contribution in [2.24, 2.45) is 5.73 Å². The maximum Gasteiger partial charge on any atom is 0.414 e. The lowest BCUT2D eigenvalue weighted by molar-refractivity contribution is -0.131. The van der Waals surface area contributed by atoms with Gasteiger partial charge < -0.3 is 20.3 Å². The Morgan fingerprint density at radius 1 is 1.08 bits per heavy atom. The Labute approximate surface area is 226 Å². The first kappa shape index (κ1) is 28.5. The minimum absolute atomic E-state index is 0.0556. The van der Waals surface area contributed by atoms with E-state index >= 15 is 0 Å². The summed E-state index contributed by atoms with van der Waals surface area (Å²) < 4.78 is 44.9. The highest BCUT2D eigenvalue weighted by atomic mass is 32.2. The molecule has 39 heavy (non-hydrogen) atoms. The fourth-order valence-corrected chi connectivity index (χ4v) is 4.95. The van der Waals surface area contributed by atoms with Crippen molar-refractivity contribution >= 4 is 39.2 Å². The average Bonchev–Trinajstić information content (AvgIpc) is 3.31. The Bertz CT molecular complexity index is 1330. The van der Waals surface area contributed by atoms with Crippen LogP contribution in [0.4, 0.5) is 20.6 Å². The average molecular weight is 562 g/mol. The van der Waals surface area contributed by atoms with Crippen molar-refractivity contribution in [1.29, 1.82) is 0 Å². The van der Waals surface area contributed by atoms with Gasteiger partial charge in [0.25, 0.3) is 0 Å². The van der Waals surface area contributed by atoms with Gasteiger partial charge in [-0.05, 0) is 23.8 Å². The highest BCUT2D eigenvalue weighted by molar-refractivity contribution is 7.88. The molecule has 2 aromatic carbocycles. The molecule has 0 radical (unpaired) electrons. The molecule has 0 unspecified atom stereocenters. The predicted molar refractivity (Wildman–Crippen MR) is 144 cm³/mol. The largest absolute Gasteiger partial charge is 0.443 e. The number of nitrogens with two attached hydrogens (primary N) is 1. The second kappa shape index (κ2) is 12.1. The number of piperazine rings is 1. The van der Waals surface area contributed by atoms with Crippen LogP contribution in [0.15, 0.2) is 42.5 Å². The molecular weight excluding hydrogens is 529 g/mol. The number of rotatable bonds is 10. The number of hydrogen-bond donors (Lipinski definition) is 2. The van der Waals surface area contributed by atoms with E-state index in [1.54, 1.807) is 41.3 Å². The molecule has 4 rings (SSSR count). The Hall–Kier alpha value is -3.55. The second-order valence-corrected chi connectivity index (χ2v) is 11.4. The number of carbonyl (C=O) groups is 3. The summed E-state index contributed by atoms with van der Waals surface area (Å²) in [7, 11) is -3.31. The third-order valence-electron chi connectivity index (χ3n) is 6.73. The van der Waals surface area contributed by atoms with Gasteiger partial charge in [0.2, 0.25) is 15.9 Å². The number of anilines is 2. The second-order valence-electron chi connectivity index (χ2n) is 9.57. The van der Waals surface area contributed by atoms with Gasteiger partial charge in [0, 0.05) is 57.7 Å². The number of cyclic esters (lactones) is 1. The zero-order valence-electron chi connectivity index (χ0n) is 21.6. The molecule has 2 aliphatic heterocycles. The van der Waals surface area contributed by atoms with Crippen molar-refractivity contribution in [3.63, 3.8) is 0 Å². The zero-order chi connectivity index (χ0) is 28.2. The molecule has 0 saturated carbocycles. The van der Waals surface area contributed by atoms with Crippen LogP contribution in [0, 0.1) is 5.82 Å². The first-order valence-electron chi connectivity index (χ1n) is 12.6. The molecule has 0 bridgehead atoms. The van der Waals surface area contributed by atoms with Gasteiger partial charge in [-0.15, -0.1) is 0 Å². The Morgan fingerprint density at radius 3 is 2.36 bits per heavy atom. The fraction of sp³-hybridized carbons (Fsp3) is 0.423. The van der Waals surface area contributed by atoms with Crippen molar-refractivity contribution in [2.45, 2.75) is 25.5 Å². The van der Waals surface area contributed by atoms with Crippen LogP contribution in [0.5, 0.6) is 0 Å². The zero-order valence-corrected chi connectivity index (χ0v) is 22.5. The van der Waals surface area contributed by atoms with Crippen LogP contribution in [0.25, 0.3) is 0 Å². The number of hydrogen-bond acceptors (Lipinski definition) is 8. The molecule has 2 amide bonds. The number of nitrogens with zero attached hydrogens (tertiary/aromatic N) is 3. The van der Waals surface area contributed by atoms with E-state index < -0.39 is 28.0 Å². The number of Topliss-reactive ketones (excluding diaryl/α,β-unsaturated/α-hetero) is 1. The predicted octanol–water partition coefficient (Wildman–Crippen LogP) is 1.47. The molecular formula is C26H32FN5O6S. The summed E-state index contributed by atoms with van der Waals surface area (Å²) in [5, 5.41) is 0. The quantitative estimate of drug-likeness (QED) is 0.416. The molecule has 210 valence electrons. The number of nitrogens with one attached hydrogen (secondary N) is 1. The molecule has 2 aliphatic rings. The number of benzene rings is 2. The molecule has 1 atom stereocenters. The number of ketones is 1. The van der Waals surface area contributed by atoms with E-state index in [4.69, 9.17) is 10.5 Å². The molecule has 0 spiro atoms. The molecule has 0 aliphatic carbocycles. The van der Waals surface area contributed by atoms with E-state index in [2.05, 4.69) is 4.72 Å². The highest BCUT2D eigenvalue weighted by Gasteiger charge is 2.32. The summed E-state index contributed by atoms with van der Waals surface area (Å²) in [6, 6.07) is 11.2. The third kappa shape index (κ3) is 7.31. The highest BCUT2D eigenvalue weighted by Crippen LogP contribution is 2.28. The molecule has 11 nitrogen and oxygen atoms in total. The lowest BCUT2D eigenvalue weighted by Gasteiger charge is -2.36. The van der Waals surface area contributed by atoms with Crippen LogP contribution in [0.2, 0.25) is 0 Å². The first-order valence-corrected chi connectivity index (χ1v) is 14.5. The van der Waals surface area contributed by atoms with Crippen molar-refractivity contribution in [3.8, 4) is 0 Å². The summed E-state index contributed by atoms with van der Waals surface area (Å²) in [6.45, 7) is 2.25. The van der Waals surface area contributed by atoms with E-state index in [9.17, 15) is 27.2 Å². The van der Waals surface area contributed by atoms with E-state index in [0.29, 0.717) is 43.1 Å². The van der Waals surface area contributed by atoms with Gasteiger partial charge in [-0.1, -0.05) is 24.3 Å². The molecule has 13 heteroatoms. The number of amides is 2. The lowest BCUT2D eigenvalue weighted by Crippen LogP contribution is -2.49. The van der Waals surface area contributed by atoms with E-state index in [0.717, 1.165) is 11.8 Å². The minimum atomic E-state index is -3.31. The topological polar surface area (TPSA) is 142 Å². The first-order chi connectivity index (χ1) is 18.5. The van der Waals surface area contributed by atoms with Gasteiger partial charge in [-0.25, -0.2) is 22.3 Å². The molecule has 2 aromatic rings. The monoisotopic (exact) mass is 561 g/mol. The van der Waals surface area contributed by atoms with Crippen LogP contribution in [-0.2, 0) is 26.1 Å². The Balaban J connectivity index is 1.25. The normalized spacial score (nSPS) is 17.9. The fourth-order valence-electron chi connectivity index (χ4n) is 4.52. The van der Waals surface area contributed by atoms with Gasteiger partial charge in [0.1, 0.15) is 11.9 Å². The van der Waals surface area contributed by atoms with Crippen LogP contribution < -0.4 is 20.3 Å². The number of carbonyl (C=O) groups excluding carboxylic acids is 3. The summed E-state index contributed by atoms with van der Waals surface area (Å²) in [4.78, 5) is 42.1. The van der Waals surface area contributed by atoms with Gasteiger partial charge in [-0.2, -0.15) is 0 Å². The van der Waals surface area contributed by atoms with Gasteiger partial charge in [-0.3, -0.25) is 14.5 Å². The van der Waals surface area contributed by atoms with Crippen molar-refractivity contribution in [3.05, 3.63) is 59.4 Å². The third-order valence-corrected chi connectivity index (χ3v) is 7.40. The number of halogens is 1. The van der Waals surface area contributed by atoms with Crippen molar-refractivity contribution in [1.82, 2.24) is 9.62 Å². The van der Waals surface area contributed by atoms with E-state index in [1.807, 2.05) is 4.90 Å². The van der Waals surface area contributed by atoms with Gasteiger partial charge >= 0.3 is 6.09 Å². The minimum Gasteiger partial charge on any atom is -0.443 e. The standard InChI is InChI=1S/C26H32FN5O6S/c1-39(36,37)29-16-18-2-4-19(5-3-18)24(33)8-9-25(34)31-12-10-30(11-13-31)23-7-6-20(14-22(23)27)32-17-21(15-28)38-26(32)35/h2-7,14,21,29H,8-13,15-17,28H2,1H3/t21-/m0/s1. The van der Waals surface area contributed by atoms with Crippen LogP contribution in [0.3, 0.4) is 0 Å². The molecule has 3 N–H and O–H groups in total. The van der Waals surface area contributed by atoms with Gasteiger partial charge in [0.05, 0.1) is 24.2 Å². The van der Waals surface area contributed by atoms with Gasteiger partial charge in [0.15, 0.2) is 5.78 Å². The maximum atomic E-state index is 14.9. The van der Waals surface area contributed by atoms with Crippen LogP contribution >= 0.6 is 0 Å². The number of ether oxygens (including phenoxy) is 1. The van der Waals surface area contributed by atoms with E-state index in [-0.39, 0.29) is 44.2 Å². The molecule has 2 saturated heterocycles.